The number of piperidine rings is 1. The molecule has 0 unspecified atom stereocenters. The van der Waals surface area contributed by atoms with Gasteiger partial charge in [-0.15, -0.1) is 0 Å². The van der Waals surface area contributed by atoms with E-state index in [1.165, 1.54) is 12.1 Å². The fourth-order valence-corrected chi connectivity index (χ4v) is 10.8. The standard InChI is InChI=1S/C30H37NO3SSi/c1-23-15-17-27(18-16-23)35(32,33)31-21-25-19-24(25)20-26(31)22-34-36(30(2,3)4,28-11-7-5-8-12-28)29-13-9-6-10-14-29/h5-18,24-26H,19-22H2,1-4H3/t24-,25+,26+/m1/s1/i20D2,21D2,25D,26D. The zero-order valence-corrected chi connectivity index (χ0v) is 23.0. The fourth-order valence-electron chi connectivity index (χ4n) is 4.94. The maximum atomic E-state index is 14.3. The van der Waals surface area contributed by atoms with Crippen LogP contribution in [0.2, 0.25) is 5.04 Å². The molecule has 190 valence electrons. The van der Waals surface area contributed by atoms with Gasteiger partial charge in [0.2, 0.25) is 10.0 Å². The highest BCUT2D eigenvalue weighted by molar-refractivity contribution is 7.89. The summed E-state index contributed by atoms with van der Waals surface area (Å²) in [4.78, 5) is -0.266. The van der Waals surface area contributed by atoms with Crippen molar-refractivity contribution >= 4 is 28.7 Å². The Balaban J connectivity index is 1.72. The van der Waals surface area contributed by atoms with Gasteiger partial charge in [-0.2, -0.15) is 4.31 Å². The zero-order valence-electron chi connectivity index (χ0n) is 27.2. The van der Waals surface area contributed by atoms with Gasteiger partial charge >= 0.3 is 0 Å². The predicted molar refractivity (Wildman–Crippen MR) is 149 cm³/mol. The molecule has 0 bridgehead atoms. The molecule has 5 rings (SSSR count). The van der Waals surface area contributed by atoms with Crippen LogP contribution in [0.1, 0.15) is 47.4 Å². The van der Waals surface area contributed by atoms with Gasteiger partial charge in [-0.25, -0.2) is 8.42 Å². The molecule has 1 saturated carbocycles. The third-order valence-corrected chi connectivity index (χ3v) is 13.6. The first kappa shape index (κ1) is 18.9. The van der Waals surface area contributed by atoms with E-state index in [-0.39, 0.29) is 11.3 Å². The lowest BCUT2D eigenvalue weighted by molar-refractivity contribution is 0.157. The van der Waals surface area contributed by atoms with E-state index in [2.05, 4.69) is 0 Å². The van der Waals surface area contributed by atoms with E-state index in [1.54, 1.807) is 19.1 Å². The molecule has 0 radical (unpaired) electrons. The minimum atomic E-state index is -4.80. The Labute approximate surface area is 225 Å². The first-order valence-electron chi connectivity index (χ1n) is 15.2. The Morgan fingerprint density at radius 3 is 2.06 bits per heavy atom. The molecule has 0 spiro atoms. The average molecular weight is 526 g/mol. The lowest BCUT2D eigenvalue weighted by Crippen LogP contribution is -2.67. The van der Waals surface area contributed by atoms with Crippen LogP contribution in [0.25, 0.3) is 0 Å². The van der Waals surface area contributed by atoms with E-state index in [4.69, 9.17) is 11.3 Å². The number of nitrogens with zero attached hydrogens (tertiary/aromatic N) is 1. The van der Waals surface area contributed by atoms with Crippen molar-refractivity contribution in [1.82, 2.24) is 4.31 Å². The third kappa shape index (κ3) is 4.60. The van der Waals surface area contributed by atoms with Crippen LogP contribution in [-0.2, 0) is 14.4 Å². The third-order valence-electron chi connectivity index (χ3n) is 6.92. The van der Waals surface area contributed by atoms with Gasteiger partial charge in [0.1, 0.15) is 0 Å². The molecule has 2 fully saturated rings. The van der Waals surface area contributed by atoms with Gasteiger partial charge in [0.15, 0.2) is 0 Å². The molecule has 1 heterocycles. The number of hydrogen-bond acceptors (Lipinski definition) is 3. The number of rotatable bonds is 7. The van der Waals surface area contributed by atoms with Crippen LogP contribution in [0.3, 0.4) is 0 Å². The molecule has 2 aliphatic rings. The molecule has 3 aromatic rings. The van der Waals surface area contributed by atoms with Gasteiger partial charge in [0.05, 0.1) is 12.9 Å². The monoisotopic (exact) mass is 525 g/mol. The molecule has 1 saturated heterocycles. The molecule has 1 aliphatic carbocycles. The van der Waals surface area contributed by atoms with Crippen LogP contribution >= 0.6 is 0 Å². The SMILES string of the molecule is [2H]C1([2H])[C@H]2C[C@@]2([2H])C([2H])([2H])N(S(=O)(=O)c2ccc(C)cc2)[C@]1([2H])CO[Si](c1ccccc1)(c1ccccc1)C(C)(C)C. The largest absolute Gasteiger partial charge is 0.406 e. The molecular formula is C30H37NO3SSi. The second kappa shape index (κ2) is 9.56. The summed E-state index contributed by atoms with van der Waals surface area (Å²) in [6.07, 6.45) is -2.80. The minimum absolute atomic E-state index is 0.202. The molecule has 0 amide bonds. The second-order valence-corrected chi connectivity index (χ2v) is 16.6. The van der Waals surface area contributed by atoms with Crippen LogP contribution in [0.4, 0.5) is 0 Å². The smallest absolute Gasteiger partial charge is 0.261 e. The van der Waals surface area contributed by atoms with Crippen molar-refractivity contribution in [1.29, 1.82) is 0 Å². The second-order valence-electron chi connectivity index (χ2n) is 10.5. The summed E-state index contributed by atoms with van der Waals surface area (Å²) in [7, 11) is -8.16. The molecule has 0 aromatic heterocycles. The summed E-state index contributed by atoms with van der Waals surface area (Å²) < 4.78 is 90.5. The zero-order chi connectivity index (χ0) is 31.0. The lowest BCUT2D eigenvalue weighted by Gasteiger charge is -2.45. The summed E-state index contributed by atoms with van der Waals surface area (Å²) in [5.74, 6) is -3.21. The van der Waals surface area contributed by atoms with E-state index < -0.39 is 60.7 Å². The van der Waals surface area contributed by atoms with E-state index >= 15 is 0 Å². The van der Waals surface area contributed by atoms with Crippen LogP contribution < -0.4 is 10.4 Å². The van der Waals surface area contributed by atoms with E-state index in [9.17, 15) is 9.79 Å². The van der Waals surface area contributed by atoms with Crippen molar-refractivity contribution in [2.24, 2.45) is 11.8 Å². The highest BCUT2D eigenvalue weighted by Gasteiger charge is 2.53. The first-order chi connectivity index (χ1) is 19.4. The molecule has 3 aromatic carbocycles. The Kier molecular flexibility index (Phi) is 5.02. The Bertz CT molecular complexity index is 1530. The molecule has 0 N–H and O–H groups in total. The number of hydrogen-bond donors (Lipinski definition) is 0. The predicted octanol–water partition coefficient (Wildman–Crippen LogP) is 4.97. The fraction of sp³-hybridized carbons (Fsp3) is 0.400. The summed E-state index contributed by atoms with van der Waals surface area (Å²) in [5.41, 5.74) is 0.789. The van der Waals surface area contributed by atoms with E-state index in [1.807, 2.05) is 81.4 Å². The van der Waals surface area contributed by atoms with Crippen LogP contribution in [0.15, 0.2) is 89.8 Å². The Morgan fingerprint density at radius 2 is 1.53 bits per heavy atom. The van der Waals surface area contributed by atoms with Gasteiger partial charge in [-0.1, -0.05) is 99.1 Å². The Morgan fingerprint density at radius 1 is 0.972 bits per heavy atom. The molecule has 1 aliphatic heterocycles. The molecular weight excluding hydrogens is 482 g/mol. The molecule has 3 atom stereocenters. The van der Waals surface area contributed by atoms with Crippen molar-refractivity contribution in [3.8, 4) is 0 Å². The number of fused-ring (bicyclic) bond motifs is 1. The molecule has 36 heavy (non-hydrogen) atoms. The van der Waals surface area contributed by atoms with Crippen molar-refractivity contribution in [3.05, 3.63) is 90.5 Å². The van der Waals surface area contributed by atoms with E-state index in [0.29, 0.717) is 4.31 Å². The Hall–Kier alpha value is -2.25. The molecule has 6 heteroatoms. The van der Waals surface area contributed by atoms with Gasteiger partial charge in [0, 0.05) is 19.4 Å². The van der Waals surface area contributed by atoms with Crippen LogP contribution in [0, 0.1) is 18.7 Å². The maximum Gasteiger partial charge on any atom is 0.261 e. The van der Waals surface area contributed by atoms with Gasteiger partial charge in [0.25, 0.3) is 8.32 Å². The van der Waals surface area contributed by atoms with Gasteiger partial charge < -0.3 is 4.43 Å². The number of sulfonamides is 1. The van der Waals surface area contributed by atoms with Gasteiger partial charge in [-0.3, -0.25) is 0 Å². The minimum Gasteiger partial charge on any atom is -0.406 e. The van der Waals surface area contributed by atoms with Crippen LogP contribution in [0.5, 0.6) is 0 Å². The van der Waals surface area contributed by atoms with Crippen molar-refractivity contribution in [2.75, 3.05) is 13.1 Å². The topological polar surface area (TPSA) is 46.6 Å². The summed E-state index contributed by atoms with van der Waals surface area (Å²) >= 11 is 0. The lowest BCUT2D eigenvalue weighted by atomic mass is 10.1. The average Bonchev–Trinajstić information content (AvgIpc) is 3.64. The molecule has 4 nitrogen and oxygen atoms in total. The summed E-state index contributed by atoms with van der Waals surface area (Å²) in [5, 5.41) is 1.17. The summed E-state index contributed by atoms with van der Waals surface area (Å²) in [6.45, 7) is 4.23. The quantitative estimate of drug-likeness (QED) is 0.409. The van der Waals surface area contributed by atoms with Crippen molar-refractivity contribution in [3.63, 3.8) is 0 Å². The van der Waals surface area contributed by atoms with Crippen LogP contribution in [-0.4, -0.2) is 40.2 Å². The van der Waals surface area contributed by atoms with Crippen molar-refractivity contribution < 1.29 is 21.1 Å². The van der Waals surface area contributed by atoms with Crippen molar-refractivity contribution in [2.45, 2.75) is 56.4 Å². The highest BCUT2D eigenvalue weighted by atomic mass is 32.2. The highest BCUT2D eigenvalue weighted by Crippen LogP contribution is 2.49. The van der Waals surface area contributed by atoms with E-state index in [0.717, 1.165) is 15.9 Å². The number of aryl methyl sites for hydroxylation is 1. The van der Waals surface area contributed by atoms with Gasteiger partial charge in [-0.05, 0) is 59.1 Å². The summed E-state index contributed by atoms with van der Waals surface area (Å²) in [6, 6.07) is 22.1. The first-order valence-corrected chi connectivity index (χ1v) is 15.6. The maximum absolute atomic E-state index is 14.3. The normalized spacial score (nSPS) is 32.1. The number of benzene rings is 3.